The van der Waals surface area contributed by atoms with Crippen molar-refractivity contribution >= 4 is 340 Å². The second-order valence-electron chi connectivity index (χ2n) is 35.8. The van der Waals surface area contributed by atoms with E-state index in [1.54, 1.807) is 304 Å². The molecule has 12 nitrogen and oxygen atoms in total. The molecule has 0 spiro atoms. The van der Waals surface area contributed by atoms with Gasteiger partial charge in [0.1, 0.15) is 0 Å². The Hall–Kier alpha value is 1.24. The molecule has 18 rings (SSSR count). The Morgan fingerprint density at radius 1 is 0.197 bits per heavy atom. The highest BCUT2D eigenvalue weighted by atomic mass is 33.1. The minimum absolute atomic E-state index is 0.153. The van der Waals surface area contributed by atoms with E-state index in [0.717, 1.165) is 163 Å². The number of aromatic carboxylic acids is 4. The van der Waals surface area contributed by atoms with Gasteiger partial charge < -0.3 is 31.1 Å². The van der Waals surface area contributed by atoms with Gasteiger partial charge in [0.25, 0.3) is 11.8 Å². The van der Waals surface area contributed by atoms with Gasteiger partial charge in [-0.1, -0.05) is 21.6 Å². The van der Waals surface area contributed by atoms with Gasteiger partial charge in [0.15, 0.2) is 0 Å². The van der Waals surface area contributed by atoms with E-state index in [0.29, 0.717) is 58.0 Å². The molecule has 0 saturated heterocycles. The fourth-order valence-electron chi connectivity index (χ4n) is 16.5. The summed E-state index contributed by atoms with van der Waals surface area (Å²) in [6, 6.07) is 0. The lowest BCUT2D eigenvalue weighted by Crippen LogP contribution is -2.28. The summed E-state index contributed by atoms with van der Waals surface area (Å²) in [5.41, 5.74) is 8.65. The first-order chi connectivity index (χ1) is 56.4. The van der Waals surface area contributed by atoms with Crippen LogP contribution in [0, 0.1) is 11.8 Å². The Labute approximate surface area is 824 Å². The van der Waals surface area contributed by atoms with E-state index in [-0.39, 0.29) is 11.8 Å². The standard InChI is InChI=1S/C84H86N2O10S26/c1-73(2)99-43-31(29(33-47-59(115-77(9,10)103-47)39(69(89)90)60-48(33)104-78(11,12)116-60)34-49-61(117-79(13,14)105-49)40(70(91)92)62-50(34)106-80(15,16)118-62)44-56(112-74(3,4)100-44)37(55(43)111-73)67(87)85-25-27-97-98-28-26-86-68(88)38-57-45(101-75(5,6)113-57)32(46-58(38)114-76(7,8)102-46)30(35-51-63(119-81(17,18)107-51)41(71(93)94)64-52(35)108-82(19,20)120-64)36-53-65(121-83(21,22)109-53)42(72(95)96)66-54(36)110-84(23,24)122-66/h25-28H2,1-24H3,(H,85,87)(H,86,88)(H,89,90)(H,91,92)(H,93,94)(H,95,96). The zero-order chi connectivity index (χ0) is 88.0. The largest absolute Gasteiger partial charge is 0.478 e. The number of rotatable bonds is 19. The van der Waals surface area contributed by atoms with Crippen molar-refractivity contribution in [2.75, 3.05) is 24.6 Å². The average molecular weight is 2120 g/mol. The number of thioether (sulfide) groups is 24. The third kappa shape index (κ3) is 16.7. The van der Waals surface area contributed by atoms with Crippen molar-refractivity contribution in [1.82, 2.24) is 10.6 Å². The average Bonchev–Trinajstić information content (AvgIpc) is 1.50. The summed E-state index contributed by atoms with van der Waals surface area (Å²) in [7, 11) is 3.31. The molecule has 0 atom stereocenters. The fraction of sp³-hybridized carbons (Fsp3) is 0.476. The van der Waals surface area contributed by atoms with Crippen molar-refractivity contribution in [1.29, 1.82) is 0 Å². The van der Waals surface area contributed by atoms with Gasteiger partial charge in [-0.3, -0.25) is 9.59 Å². The lowest BCUT2D eigenvalue weighted by atomic mass is 9.83. The first-order valence-electron chi connectivity index (χ1n) is 38.9. The molecule has 12 heterocycles. The summed E-state index contributed by atoms with van der Waals surface area (Å²) in [4.78, 5) is 109. The smallest absolute Gasteiger partial charge is 0.338 e. The first kappa shape index (κ1) is 93.6. The number of fused-ring (bicyclic) bond motifs is 12. The topological polar surface area (TPSA) is 207 Å². The van der Waals surface area contributed by atoms with Crippen LogP contribution in [0.2, 0.25) is 0 Å². The molecular weight excluding hydrogens is 2030 g/mol. The molecule has 12 aliphatic rings. The zero-order valence-electron chi connectivity index (χ0n) is 70.7. The molecule has 38 heteroatoms. The molecule has 648 valence electrons. The number of amides is 2. The highest BCUT2D eigenvalue weighted by Crippen LogP contribution is 2.79. The number of hydrogen-bond donors (Lipinski definition) is 6. The minimum Gasteiger partial charge on any atom is -0.478 e. The van der Waals surface area contributed by atoms with Crippen LogP contribution in [0.4, 0.5) is 0 Å². The van der Waals surface area contributed by atoms with Crippen molar-refractivity contribution in [2.45, 2.75) is 333 Å². The molecule has 6 aromatic rings. The molecular formula is C84H86N2O10S26. The van der Waals surface area contributed by atoms with Crippen molar-refractivity contribution in [3.8, 4) is 0 Å². The Balaban J connectivity index is 0.685. The van der Waals surface area contributed by atoms with Crippen LogP contribution in [0.1, 0.15) is 262 Å². The summed E-state index contributed by atoms with van der Waals surface area (Å²) in [6.07, 6.45) is 0. The van der Waals surface area contributed by atoms with Crippen molar-refractivity contribution in [3.05, 3.63) is 78.6 Å². The Morgan fingerprint density at radius 2 is 0.303 bits per heavy atom. The van der Waals surface area contributed by atoms with Gasteiger partial charge in [-0.05, 0) is 200 Å². The van der Waals surface area contributed by atoms with Crippen molar-refractivity contribution in [2.24, 2.45) is 0 Å². The Bertz CT molecular complexity index is 4980. The number of carboxylic acid groups (broad SMARTS) is 4. The number of nitrogens with one attached hydrogen (secondary N) is 2. The van der Waals surface area contributed by atoms with Crippen LogP contribution < -0.4 is 10.6 Å². The van der Waals surface area contributed by atoms with Gasteiger partial charge in [-0.2, -0.15) is 0 Å². The molecule has 6 N–H and O–H groups in total. The predicted molar refractivity (Wildman–Crippen MR) is 547 cm³/mol. The summed E-state index contributed by atoms with van der Waals surface area (Å²) in [6.45, 7) is 53.3. The Kier molecular flexibility index (Phi) is 24.5. The van der Waals surface area contributed by atoms with Crippen molar-refractivity contribution < 1.29 is 49.2 Å². The minimum atomic E-state index is -0.956. The lowest BCUT2D eigenvalue weighted by Gasteiger charge is -2.31. The number of carbonyl (C=O) groups is 6. The number of carboxylic acids is 4. The van der Waals surface area contributed by atoms with E-state index in [1.165, 1.54) is 0 Å². The monoisotopic (exact) mass is 2110 g/mol. The van der Waals surface area contributed by atoms with Gasteiger partial charge in [-0.25, -0.2) is 19.2 Å². The van der Waals surface area contributed by atoms with E-state index in [1.807, 2.05) is 0 Å². The summed E-state index contributed by atoms with van der Waals surface area (Å²) in [5.74, 6) is -1.00. The zero-order valence-corrected chi connectivity index (χ0v) is 91.9. The number of carbonyl (C=O) groups excluding carboxylic acids is 2. The van der Waals surface area contributed by atoms with Gasteiger partial charge in [-0.15, -0.1) is 282 Å². The maximum Gasteiger partial charge on any atom is 0.338 e. The van der Waals surface area contributed by atoms with Crippen LogP contribution in [0.5, 0.6) is 0 Å². The van der Waals surface area contributed by atoms with Gasteiger partial charge in [0, 0.05) is 142 Å². The van der Waals surface area contributed by atoms with Crippen molar-refractivity contribution in [3.63, 3.8) is 0 Å². The van der Waals surface area contributed by atoms with Crippen LogP contribution in [0.25, 0.3) is 0 Å². The van der Waals surface area contributed by atoms with Crippen LogP contribution in [-0.2, 0) is 0 Å². The lowest BCUT2D eigenvalue weighted by molar-refractivity contribution is 0.0677. The Morgan fingerprint density at radius 3 is 0.418 bits per heavy atom. The normalized spacial score (nSPS) is 22.3. The molecule has 122 heavy (non-hydrogen) atoms. The third-order valence-corrected chi connectivity index (χ3v) is 56.6. The molecule has 0 fully saturated rings. The van der Waals surface area contributed by atoms with E-state index < -0.39 is 72.8 Å². The van der Waals surface area contributed by atoms with Crippen LogP contribution in [-0.4, -0.2) is 130 Å². The molecule has 0 saturated carbocycles. The second-order valence-corrected chi connectivity index (χ2v) is 80.8. The fourth-order valence-corrected chi connectivity index (χ4v) is 53.7. The van der Waals surface area contributed by atoms with Gasteiger partial charge in [0.2, 0.25) is 0 Å². The van der Waals surface area contributed by atoms with Gasteiger partial charge >= 0.3 is 23.9 Å². The van der Waals surface area contributed by atoms with E-state index in [9.17, 15) is 39.6 Å². The third-order valence-electron chi connectivity index (χ3n) is 20.1. The molecule has 2 amide bonds. The van der Waals surface area contributed by atoms with E-state index in [4.69, 9.17) is 0 Å². The van der Waals surface area contributed by atoms with E-state index in [2.05, 4.69) is 177 Å². The van der Waals surface area contributed by atoms with E-state index >= 15 is 9.59 Å². The number of hydrogen-bond acceptors (Lipinski definition) is 32. The summed E-state index contributed by atoms with van der Waals surface area (Å²) in [5, 5.41) is 52.7. The van der Waals surface area contributed by atoms with Crippen LogP contribution in [0.15, 0.2) is 117 Å². The molecule has 6 aromatic carbocycles. The quantitative estimate of drug-likeness (QED) is 0.0253. The van der Waals surface area contributed by atoms with Crippen LogP contribution in [0.3, 0.4) is 0 Å². The maximum absolute atomic E-state index is 15.8. The summed E-state index contributed by atoms with van der Waals surface area (Å²) >= 11 is 40.6. The first-order valence-corrected chi connectivity index (χ1v) is 61.0. The molecule has 12 aliphatic heterocycles. The molecule has 0 unspecified atom stereocenters. The highest BCUT2D eigenvalue weighted by Gasteiger charge is 2.58. The SMILES string of the molecule is CC1(C)Sc2c(c(C(=O)O)c3c(c2[C](c2c4c(c(C(=O)O)c5c2SC(C)(C)S5)SC(C)(C)S4)c2c4c(c(C(=O)NCCSSCCNC(=O)c5c6c(c([C](c7c8c(c(C(=O)O)c9c7SC(C)(C)S9)SC(C)(C)S8)c7c8c(c(C(=O)O)c9c7SC(C)(C)S9)SC(C)(C)S8)c7c5SC(C)(C)S7)SC(C)(C)S6)c5c2SC(C)(C)S5)SC(C)(C)S4)SC(C)(C)S3)S1. The highest BCUT2D eigenvalue weighted by molar-refractivity contribution is 8.76. The van der Waals surface area contributed by atoms with Crippen LogP contribution >= 0.6 is 304 Å². The molecule has 2 radical (unpaired) electrons. The molecule has 0 bridgehead atoms. The molecule has 0 aromatic heterocycles. The number of benzene rings is 6. The maximum atomic E-state index is 15.8. The predicted octanol–water partition coefficient (Wildman–Crippen LogP) is 31.3. The van der Waals surface area contributed by atoms with Gasteiger partial charge in [0.05, 0.1) is 94.2 Å². The summed E-state index contributed by atoms with van der Waals surface area (Å²) < 4.78 is -5.23. The molecule has 0 aliphatic carbocycles. The second kappa shape index (κ2) is 31.9.